The number of fused-ring (bicyclic) bond motifs is 7. The van der Waals surface area contributed by atoms with Crippen LogP contribution in [0.25, 0.3) is 0 Å². The van der Waals surface area contributed by atoms with E-state index in [0.717, 1.165) is 56.1 Å². The Balaban J connectivity index is 1.05. The largest absolute Gasteiger partial charge is 0.485 e. The van der Waals surface area contributed by atoms with Crippen molar-refractivity contribution in [2.75, 3.05) is 6.54 Å². The van der Waals surface area contributed by atoms with Crippen LogP contribution in [0.4, 0.5) is 0 Å². The number of hydrogen-bond donors (Lipinski definition) is 4. The van der Waals surface area contributed by atoms with Gasteiger partial charge in [-0.2, -0.15) is 0 Å². The van der Waals surface area contributed by atoms with Gasteiger partial charge in [0.1, 0.15) is 19.3 Å². The number of cyclic esters (lactones) is 1. The molecule has 5 aliphatic carbocycles. The first-order valence-corrected chi connectivity index (χ1v) is 22.2. The van der Waals surface area contributed by atoms with Gasteiger partial charge in [-0.3, -0.25) is 4.79 Å². The summed E-state index contributed by atoms with van der Waals surface area (Å²) >= 11 is 0. The average molecular weight is 810 g/mol. The first-order valence-electron chi connectivity index (χ1n) is 22.2. The van der Waals surface area contributed by atoms with Crippen molar-refractivity contribution >= 4 is 11.9 Å². The zero-order valence-corrected chi connectivity index (χ0v) is 36.3. The Labute approximate surface area is 351 Å². The molecule has 8 rings (SSSR count). The summed E-state index contributed by atoms with van der Waals surface area (Å²) in [4.78, 5) is 28.3. The van der Waals surface area contributed by atoms with Gasteiger partial charge in [-0.1, -0.05) is 121 Å². The number of allylic oxidation sites excluding steroid dienone is 2. The second-order valence-corrected chi connectivity index (χ2v) is 21.2. The van der Waals surface area contributed by atoms with Crippen LogP contribution < -0.4 is 5.32 Å². The zero-order valence-electron chi connectivity index (χ0n) is 36.3. The maximum Gasteiger partial charge on any atom is 0.378 e. The summed E-state index contributed by atoms with van der Waals surface area (Å²) in [6.45, 7) is 16.4. The summed E-state index contributed by atoms with van der Waals surface area (Å²) in [7, 11) is 0. The van der Waals surface area contributed by atoms with Crippen molar-refractivity contribution in [3.05, 3.63) is 95.0 Å². The molecule has 2 aromatic rings. The SMILES string of the molecule is CC1(C)CC[C@]2(C(=O)NC[C@H](O)[C@H]3OC(=O)C(OCc4ccccc4)=C3OCc3ccccc3)[C@H](O)C[C@]3(C)C(=CC[C@@H]4[C@@]5(C)CC[C@H](O)C(C)(C)[C@@H]5CC[C@]43C)[C@@H]2C1. The summed E-state index contributed by atoms with van der Waals surface area (Å²) < 4.78 is 17.9. The lowest BCUT2D eigenvalue weighted by Gasteiger charge is -2.71. The normalized spacial score (nSPS) is 38.7. The van der Waals surface area contributed by atoms with Gasteiger partial charge < -0.3 is 34.8 Å². The molecule has 9 nitrogen and oxygen atoms in total. The molecule has 59 heavy (non-hydrogen) atoms. The van der Waals surface area contributed by atoms with Crippen LogP contribution in [-0.4, -0.2) is 58.2 Å². The van der Waals surface area contributed by atoms with E-state index in [1.165, 1.54) is 5.57 Å². The van der Waals surface area contributed by atoms with E-state index in [2.05, 4.69) is 59.9 Å². The molecule has 6 aliphatic rings. The highest BCUT2D eigenvalue weighted by Crippen LogP contribution is 2.75. The van der Waals surface area contributed by atoms with Crippen molar-refractivity contribution in [2.24, 2.45) is 50.2 Å². The summed E-state index contributed by atoms with van der Waals surface area (Å²) in [5, 5.41) is 38.6. The van der Waals surface area contributed by atoms with Crippen LogP contribution in [0, 0.1) is 50.2 Å². The van der Waals surface area contributed by atoms with E-state index >= 15 is 0 Å². The highest BCUT2D eigenvalue weighted by molar-refractivity contribution is 5.90. The van der Waals surface area contributed by atoms with Gasteiger partial charge in [0.15, 0.2) is 11.9 Å². The molecule has 4 saturated carbocycles. The van der Waals surface area contributed by atoms with Gasteiger partial charge in [0.25, 0.3) is 0 Å². The first-order chi connectivity index (χ1) is 27.9. The van der Waals surface area contributed by atoms with Crippen LogP contribution in [0.5, 0.6) is 0 Å². The van der Waals surface area contributed by atoms with E-state index in [9.17, 15) is 24.9 Å². The maximum atomic E-state index is 14.9. The van der Waals surface area contributed by atoms with Crippen molar-refractivity contribution in [1.82, 2.24) is 5.32 Å². The fourth-order valence-corrected chi connectivity index (χ4v) is 13.7. The van der Waals surface area contributed by atoms with Crippen molar-refractivity contribution in [2.45, 2.75) is 144 Å². The summed E-state index contributed by atoms with van der Waals surface area (Å²) in [5.41, 5.74) is 1.46. The van der Waals surface area contributed by atoms with Crippen molar-refractivity contribution in [1.29, 1.82) is 0 Å². The van der Waals surface area contributed by atoms with E-state index in [4.69, 9.17) is 14.2 Å². The van der Waals surface area contributed by atoms with E-state index in [1.807, 2.05) is 60.7 Å². The number of amides is 1. The van der Waals surface area contributed by atoms with Gasteiger partial charge in [-0.05, 0) is 114 Å². The van der Waals surface area contributed by atoms with Crippen molar-refractivity contribution < 1.29 is 39.1 Å². The summed E-state index contributed by atoms with van der Waals surface area (Å²) in [5.74, 6) is -0.357. The number of aliphatic hydroxyl groups excluding tert-OH is 3. The van der Waals surface area contributed by atoms with Crippen LogP contribution in [-0.2, 0) is 37.0 Å². The van der Waals surface area contributed by atoms with E-state index < -0.39 is 29.7 Å². The molecular formula is C50H67NO8. The highest BCUT2D eigenvalue weighted by Gasteiger charge is 2.71. The minimum Gasteiger partial charge on any atom is -0.485 e. The lowest BCUT2D eigenvalue weighted by Crippen LogP contribution is -2.68. The van der Waals surface area contributed by atoms with E-state index in [1.54, 1.807) is 0 Å². The Morgan fingerprint density at radius 1 is 0.814 bits per heavy atom. The number of ether oxygens (including phenoxy) is 3. The lowest BCUT2D eigenvalue weighted by molar-refractivity contribution is -0.215. The van der Waals surface area contributed by atoms with Gasteiger partial charge in [-0.25, -0.2) is 4.79 Å². The maximum absolute atomic E-state index is 14.9. The van der Waals surface area contributed by atoms with Gasteiger partial charge >= 0.3 is 5.97 Å². The molecule has 1 amide bonds. The second kappa shape index (κ2) is 15.1. The van der Waals surface area contributed by atoms with Crippen LogP contribution in [0.15, 0.2) is 83.8 Å². The smallest absolute Gasteiger partial charge is 0.378 e. The molecule has 0 aromatic heterocycles. The lowest BCUT2D eigenvalue weighted by atomic mass is 9.33. The van der Waals surface area contributed by atoms with Crippen LogP contribution >= 0.6 is 0 Å². The molecule has 2 aromatic carbocycles. The van der Waals surface area contributed by atoms with Crippen molar-refractivity contribution in [3.8, 4) is 0 Å². The third-order valence-electron chi connectivity index (χ3n) is 17.3. The molecule has 0 radical (unpaired) electrons. The number of esters is 1. The molecule has 0 spiro atoms. The van der Waals surface area contributed by atoms with Gasteiger partial charge in [0.2, 0.25) is 11.7 Å². The molecule has 9 heteroatoms. The number of benzene rings is 2. The highest BCUT2D eigenvalue weighted by atomic mass is 16.6. The Kier molecular flexibility index (Phi) is 10.7. The molecule has 0 saturated heterocycles. The quantitative estimate of drug-likeness (QED) is 0.140. The number of carbonyl (C=O) groups is 2. The molecule has 1 aliphatic heterocycles. The zero-order chi connectivity index (χ0) is 42.2. The molecule has 0 unspecified atom stereocenters. The molecule has 1 heterocycles. The van der Waals surface area contributed by atoms with E-state index in [0.29, 0.717) is 24.7 Å². The number of carbonyl (C=O) groups excluding carboxylic acids is 2. The summed E-state index contributed by atoms with van der Waals surface area (Å²) in [6, 6.07) is 19.0. The van der Waals surface area contributed by atoms with Crippen LogP contribution in [0.3, 0.4) is 0 Å². The number of aliphatic hydroxyl groups is 3. The predicted octanol–water partition coefficient (Wildman–Crippen LogP) is 8.17. The monoisotopic (exact) mass is 809 g/mol. The number of nitrogens with one attached hydrogen (secondary N) is 1. The fourth-order valence-electron chi connectivity index (χ4n) is 13.7. The Bertz CT molecular complexity index is 1980. The standard InChI is InChI=1S/C50H67NO8/c1-45(2)24-25-50(34(26-45)33-18-19-37-47(5)22-21-38(53)46(3,4)36(47)20-23-48(37,6)49(33,7)27-39(50)54)44(56)51-28-35(52)40-41(57-29-31-14-10-8-11-15-31)42(43(55)59-40)58-30-32-16-12-9-13-17-32/h8-18,34-40,52-54H,19-30H2,1-7H3,(H,51,56)/t34-,35-,36-,37+,38-,39+,40+,47-,48+,49+,50+/m0/s1. The Morgan fingerprint density at radius 3 is 2.12 bits per heavy atom. The van der Waals surface area contributed by atoms with Gasteiger partial charge in [0.05, 0.1) is 17.6 Å². The molecule has 4 N–H and O–H groups in total. The van der Waals surface area contributed by atoms with E-state index in [-0.39, 0.29) is 76.3 Å². The Hall–Kier alpha value is -3.66. The minimum atomic E-state index is -1.34. The molecule has 320 valence electrons. The molecule has 0 bridgehead atoms. The molecular weight excluding hydrogens is 743 g/mol. The van der Waals surface area contributed by atoms with Gasteiger partial charge in [-0.15, -0.1) is 0 Å². The number of rotatable bonds is 10. The molecule has 4 fully saturated rings. The van der Waals surface area contributed by atoms with Crippen LogP contribution in [0.2, 0.25) is 0 Å². The predicted molar refractivity (Wildman–Crippen MR) is 225 cm³/mol. The Morgan fingerprint density at radius 2 is 1.46 bits per heavy atom. The number of hydrogen-bond acceptors (Lipinski definition) is 8. The van der Waals surface area contributed by atoms with Gasteiger partial charge in [0, 0.05) is 6.54 Å². The van der Waals surface area contributed by atoms with Crippen molar-refractivity contribution in [3.63, 3.8) is 0 Å². The fraction of sp³-hybridized carbons (Fsp3) is 0.640. The average Bonchev–Trinajstić information content (AvgIpc) is 3.52. The topological polar surface area (TPSA) is 135 Å². The van der Waals surface area contributed by atoms with Crippen LogP contribution in [0.1, 0.15) is 117 Å². The first kappa shape index (κ1) is 42.0. The molecule has 11 atom stereocenters. The third-order valence-corrected chi connectivity index (χ3v) is 17.3. The summed E-state index contributed by atoms with van der Waals surface area (Å²) in [6.07, 6.45) is 6.17. The minimum absolute atomic E-state index is 0.0261. The second-order valence-electron chi connectivity index (χ2n) is 21.2. The third kappa shape index (κ3) is 6.77.